The summed E-state index contributed by atoms with van der Waals surface area (Å²) in [4.78, 5) is 14.2. The van der Waals surface area contributed by atoms with Crippen LogP contribution >= 0.6 is 0 Å². The maximum absolute atomic E-state index is 12.2. The topological polar surface area (TPSA) is 20.3 Å². The molecule has 21 heavy (non-hydrogen) atoms. The van der Waals surface area contributed by atoms with Gasteiger partial charge in [0, 0.05) is 6.42 Å². The molecule has 1 aliphatic heterocycles. The quantitative estimate of drug-likeness (QED) is 0.307. The Morgan fingerprint density at radius 2 is 1.48 bits per heavy atom. The SMILES string of the molecule is CCCCCCCCCC(=O)N1CC[N+](C)(CC)CC1.[I-]. The maximum Gasteiger partial charge on any atom is 0.222 e. The Hall–Kier alpha value is 0.160. The molecule has 0 N–H and O–H groups in total. The van der Waals surface area contributed by atoms with Gasteiger partial charge in [-0.05, 0) is 13.3 Å². The van der Waals surface area contributed by atoms with E-state index in [0.29, 0.717) is 5.91 Å². The van der Waals surface area contributed by atoms with Crippen LogP contribution in [-0.2, 0) is 4.79 Å². The minimum atomic E-state index is 0. The summed E-state index contributed by atoms with van der Waals surface area (Å²) in [7, 11) is 2.30. The van der Waals surface area contributed by atoms with E-state index in [4.69, 9.17) is 0 Å². The number of unbranched alkanes of at least 4 members (excludes halogenated alkanes) is 6. The van der Waals surface area contributed by atoms with Crippen molar-refractivity contribution in [2.45, 2.75) is 65.2 Å². The highest BCUT2D eigenvalue weighted by Crippen LogP contribution is 2.13. The van der Waals surface area contributed by atoms with E-state index in [-0.39, 0.29) is 24.0 Å². The third-order valence-electron chi connectivity index (χ3n) is 4.93. The zero-order valence-electron chi connectivity index (χ0n) is 14.4. The van der Waals surface area contributed by atoms with Crippen LogP contribution in [-0.4, -0.2) is 55.1 Å². The lowest BCUT2D eigenvalue weighted by atomic mass is 10.1. The van der Waals surface area contributed by atoms with Gasteiger partial charge in [0.15, 0.2) is 0 Å². The minimum Gasteiger partial charge on any atom is -1.00 e. The summed E-state index contributed by atoms with van der Waals surface area (Å²) in [6.07, 6.45) is 9.76. The van der Waals surface area contributed by atoms with E-state index < -0.39 is 0 Å². The number of carbonyl (C=O) groups excluding carboxylic acids is 1. The zero-order valence-corrected chi connectivity index (χ0v) is 16.5. The number of quaternary nitrogens is 1. The van der Waals surface area contributed by atoms with Crippen molar-refractivity contribution in [2.75, 3.05) is 39.8 Å². The first-order valence-electron chi connectivity index (χ1n) is 8.72. The first kappa shape index (κ1) is 21.2. The molecule has 0 saturated carbocycles. The Morgan fingerprint density at radius 1 is 0.952 bits per heavy atom. The van der Waals surface area contributed by atoms with Gasteiger partial charge in [-0.2, -0.15) is 0 Å². The number of nitrogens with zero attached hydrogens (tertiary/aromatic N) is 2. The molecule has 1 amide bonds. The molecule has 126 valence electrons. The second-order valence-electron chi connectivity index (χ2n) is 6.64. The fraction of sp³-hybridized carbons (Fsp3) is 0.941. The Kier molecular flexibility index (Phi) is 11.8. The van der Waals surface area contributed by atoms with Crippen molar-refractivity contribution in [2.24, 2.45) is 0 Å². The van der Waals surface area contributed by atoms with Gasteiger partial charge in [0.05, 0.1) is 39.8 Å². The lowest BCUT2D eigenvalue weighted by Gasteiger charge is -2.41. The van der Waals surface area contributed by atoms with Gasteiger partial charge >= 0.3 is 0 Å². The molecule has 4 heteroatoms. The number of halogens is 1. The Labute approximate surface area is 149 Å². The molecule has 0 bridgehead atoms. The molecule has 1 aliphatic rings. The van der Waals surface area contributed by atoms with Crippen molar-refractivity contribution < 1.29 is 33.3 Å². The summed E-state index contributed by atoms with van der Waals surface area (Å²) in [5.74, 6) is 0.390. The van der Waals surface area contributed by atoms with Gasteiger partial charge in [-0.3, -0.25) is 4.79 Å². The molecule has 0 aliphatic carbocycles. The molecule has 3 nitrogen and oxygen atoms in total. The third-order valence-corrected chi connectivity index (χ3v) is 4.93. The van der Waals surface area contributed by atoms with Crippen LogP contribution in [0.25, 0.3) is 0 Å². The predicted octanol–water partition coefficient (Wildman–Crippen LogP) is 0.440. The molecule has 0 atom stereocenters. The van der Waals surface area contributed by atoms with Gasteiger partial charge in [0.2, 0.25) is 5.91 Å². The van der Waals surface area contributed by atoms with Crippen molar-refractivity contribution in [1.29, 1.82) is 0 Å². The van der Waals surface area contributed by atoms with E-state index in [1.807, 2.05) is 0 Å². The first-order valence-corrected chi connectivity index (χ1v) is 8.72. The number of rotatable bonds is 9. The van der Waals surface area contributed by atoms with Crippen LogP contribution < -0.4 is 24.0 Å². The van der Waals surface area contributed by atoms with Crippen LogP contribution in [0.3, 0.4) is 0 Å². The molecular formula is C17H35IN2O. The fourth-order valence-electron chi connectivity index (χ4n) is 2.90. The van der Waals surface area contributed by atoms with Crippen LogP contribution in [0.2, 0.25) is 0 Å². The van der Waals surface area contributed by atoms with E-state index in [0.717, 1.165) is 43.5 Å². The van der Waals surface area contributed by atoms with Gasteiger partial charge in [-0.25, -0.2) is 0 Å². The molecule has 0 spiro atoms. The summed E-state index contributed by atoms with van der Waals surface area (Å²) in [5.41, 5.74) is 0. The average molecular weight is 410 g/mol. The number of amides is 1. The Balaban J connectivity index is 0.00000400. The van der Waals surface area contributed by atoms with Gasteiger partial charge in [-0.1, -0.05) is 45.4 Å². The second-order valence-corrected chi connectivity index (χ2v) is 6.64. The Bertz CT molecular complexity index is 276. The van der Waals surface area contributed by atoms with Gasteiger partial charge in [-0.15, -0.1) is 0 Å². The number of hydrogen-bond acceptors (Lipinski definition) is 1. The summed E-state index contributed by atoms with van der Waals surface area (Å²) in [5, 5.41) is 0. The van der Waals surface area contributed by atoms with E-state index in [1.54, 1.807) is 0 Å². The lowest BCUT2D eigenvalue weighted by Crippen LogP contribution is -3.00. The second kappa shape index (κ2) is 11.7. The number of likely N-dealkylation sites (N-methyl/N-ethyl adjacent to an activating group) is 1. The van der Waals surface area contributed by atoms with Crippen LogP contribution in [0, 0.1) is 0 Å². The predicted molar refractivity (Wildman–Crippen MR) is 85.6 cm³/mol. The molecule has 1 saturated heterocycles. The molecular weight excluding hydrogens is 375 g/mol. The van der Waals surface area contributed by atoms with Gasteiger partial charge in [0.1, 0.15) is 0 Å². The smallest absolute Gasteiger partial charge is 0.222 e. The van der Waals surface area contributed by atoms with E-state index in [2.05, 4.69) is 25.8 Å². The number of piperazine rings is 1. The van der Waals surface area contributed by atoms with Gasteiger partial charge < -0.3 is 33.4 Å². The highest BCUT2D eigenvalue weighted by Gasteiger charge is 2.28. The fourth-order valence-corrected chi connectivity index (χ4v) is 2.90. The molecule has 0 aromatic heterocycles. The summed E-state index contributed by atoms with van der Waals surface area (Å²) < 4.78 is 1.13. The number of carbonyl (C=O) groups is 1. The van der Waals surface area contributed by atoms with E-state index in [1.165, 1.54) is 45.1 Å². The monoisotopic (exact) mass is 410 g/mol. The van der Waals surface area contributed by atoms with E-state index >= 15 is 0 Å². The summed E-state index contributed by atoms with van der Waals surface area (Å²) >= 11 is 0. The molecule has 0 aromatic rings. The molecule has 0 aromatic carbocycles. The Morgan fingerprint density at radius 3 is 2.00 bits per heavy atom. The standard InChI is InChI=1S/C17H35N2O.HI/c1-4-6-7-8-9-10-11-12-17(20)18-13-15-19(3,5-2)16-14-18;/h4-16H2,1-3H3;1H/q+1;/p-1. The highest BCUT2D eigenvalue weighted by atomic mass is 127. The molecule has 1 fully saturated rings. The van der Waals surface area contributed by atoms with E-state index in [9.17, 15) is 4.79 Å². The molecule has 1 rings (SSSR count). The van der Waals surface area contributed by atoms with Crippen LogP contribution in [0.4, 0.5) is 0 Å². The van der Waals surface area contributed by atoms with Crippen molar-refractivity contribution in [3.05, 3.63) is 0 Å². The summed E-state index contributed by atoms with van der Waals surface area (Å²) in [6.45, 7) is 9.84. The van der Waals surface area contributed by atoms with Crippen molar-refractivity contribution in [1.82, 2.24) is 4.90 Å². The first-order chi connectivity index (χ1) is 9.61. The molecule has 0 unspecified atom stereocenters. The number of hydrogen-bond donors (Lipinski definition) is 0. The molecule has 0 radical (unpaired) electrons. The lowest BCUT2D eigenvalue weighted by molar-refractivity contribution is -0.911. The maximum atomic E-state index is 12.2. The summed E-state index contributed by atoms with van der Waals surface area (Å²) in [6, 6.07) is 0. The molecule has 1 heterocycles. The normalized spacial score (nSPS) is 17.4. The third kappa shape index (κ3) is 8.38. The largest absolute Gasteiger partial charge is 1.00 e. The van der Waals surface area contributed by atoms with Crippen molar-refractivity contribution in [3.63, 3.8) is 0 Å². The van der Waals surface area contributed by atoms with Crippen molar-refractivity contribution >= 4 is 5.91 Å². The zero-order chi connectivity index (χ0) is 14.8. The minimum absolute atomic E-state index is 0. The average Bonchev–Trinajstić information content (AvgIpc) is 2.47. The van der Waals surface area contributed by atoms with Crippen LogP contribution in [0.1, 0.15) is 65.2 Å². The van der Waals surface area contributed by atoms with Crippen LogP contribution in [0.15, 0.2) is 0 Å². The van der Waals surface area contributed by atoms with Crippen LogP contribution in [0.5, 0.6) is 0 Å². The van der Waals surface area contributed by atoms with Crippen molar-refractivity contribution in [3.8, 4) is 0 Å². The highest BCUT2D eigenvalue weighted by molar-refractivity contribution is 5.76. The van der Waals surface area contributed by atoms with Gasteiger partial charge in [0.25, 0.3) is 0 Å².